The number of hydrogen-bond donors (Lipinski definition) is 0. The Morgan fingerprint density at radius 2 is 1.81 bits per heavy atom. The van der Waals surface area contributed by atoms with Gasteiger partial charge in [0.25, 0.3) is 0 Å². The van der Waals surface area contributed by atoms with E-state index in [2.05, 4.69) is 0 Å². The highest BCUT2D eigenvalue weighted by Gasteiger charge is 2.26. The summed E-state index contributed by atoms with van der Waals surface area (Å²) in [6.07, 6.45) is 0. The molecule has 1 unspecified atom stereocenters. The van der Waals surface area contributed by atoms with E-state index in [1.165, 1.54) is 6.07 Å². The maximum Gasteiger partial charge on any atom is 0.336 e. The Morgan fingerprint density at radius 3 is 2.48 bits per heavy atom. The third kappa shape index (κ3) is 4.40. The second-order valence-corrected chi connectivity index (χ2v) is 7.41. The average Bonchev–Trinajstić information content (AvgIpc) is 2.60. The number of benzene rings is 2. The molecule has 27 heavy (non-hydrogen) atoms. The van der Waals surface area contributed by atoms with Gasteiger partial charge in [-0.1, -0.05) is 49.7 Å². The smallest absolute Gasteiger partial charge is 0.336 e. The molecular weight excluding hydrogens is 364 g/mol. The van der Waals surface area contributed by atoms with Crippen LogP contribution in [0.15, 0.2) is 57.7 Å². The fraction of sp³-hybridized carbons (Fsp3) is 0.273. The van der Waals surface area contributed by atoms with Crippen molar-refractivity contribution < 1.29 is 13.9 Å². The molecule has 1 aromatic heterocycles. The lowest BCUT2D eigenvalue weighted by Crippen LogP contribution is -2.21. The summed E-state index contributed by atoms with van der Waals surface area (Å²) < 4.78 is 10.8. The van der Waals surface area contributed by atoms with Gasteiger partial charge < -0.3 is 9.15 Å². The first-order valence-corrected chi connectivity index (χ1v) is 9.18. The summed E-state index contributed by atoms with van der Waals surface area (Å²) in [4.78, 5) is 24.6. The summed E-state index contributed by atoms with van der Waals surface area (Å²) in [6, 6.07) is 14.2. The predicted molar refractivity (Wildman–Crippen MR) is 106 cm³/mol. The molecule has 0 bridgehead atoms. The molecule has 0 saturated carbocycles. The third-order valence-electron chi connectivity index (χ3n) is 4.51. The first-order chi connectivity index (χ1) is 12.8. The minimum Gasteiger partial charge on any atom is -0.460 e. The van der Waals surface area contributed by atoms with Gasteiger partial charge in [-0.2, -0.15) is 0 Å². The lowest BCUT2D eigenvalue weighted by Gasteiger charge is -2.20. The Balaban J connectivity index is 1.85. The summed E-state index contributed by atoms with van der Waals surface area (Å²) >= 11 is 5.94. The van der Waals surface area contributed by atoms with Crippen LogP contribution >= 0.6 is 11.6 Å². The van der Waals surface area contributed by atoms with Gasteiger partial charge in [0.15, 0.2) is 0 Å². The molecule has 2 aromatic carbocycles. The van der Waals surface area contributed by atoms with E-state index in [9.17, 15) is 9.59 Å². The van der Waals surface area contributed by atoms with Crippen LogP contribution in [0.5, 0.6) is 0 Å². The number of ether oxygens (including phenoxy) is 1. The van der Waals surface area contributed by atoms with Crippen LogP contribution in [0, 0.1) is 12.8 Å². The van der Waals surface area contributed by atoms with Gasteiger partial charge in [0.1, 0.15) is 12.2 Å². The van der Waals surface area contributed by atoms with Crippen LogP contribution in [0.2, 0.25) is 5.02 Å². The Kier molecular flexibility index (Phi) is 5.66. The molecule has 0 aliphatic rings. The number of halogens is 1. The molecule has 3 rings (SSSR count). The largest absolute Gasteiger partial charge is 0.460 e. The van der Waals surface area contributed by atoms with Gasteiger partial charge in [0.2, 0.25) is 0 Å². The summed E-state index contributed by atoms with van der Waals surface area (Å²) in [5.74, 6) is -0.685. The van der Waals surface area contributed by atoms with E-state index in [0.29, 0.717) is 16.2 Å². The van der Waals surface area contributed by atoms with Crippen molar-refractivity contribution in [1.82, 2.24) is 0 Å². The number of aryl methyl sites for hydroxylation is 1. The number of carbonyl (C=O) groups is 1. The molecule has 1 heterocycles. The SMILES string of the molecule is Cc1ccc2c(COC(=O)C(c3ccc(Cl)cc3)C(C)C)cc(=O)oc2c1. The predicted octanol–water partition coefficient (Wildman–Crippen LogP) is 5.24. The van der Waals surface area contributed by atoms with Crippen LogP contribution in [-0.4, -0.2) is 5.97 Å². The lowest BCUT2D eigenvalue weighted by atomic mass is 9.88. The monoisotopic (exact) mass is 384 g/mol. The number of rotatable bonds is 5. The minimum atomic E-state index is -0.461. The minimum absolute atomic E-state index is 0.0147. The van der Waals surface area contributed by atoms with E-state index in [0.717, 1.165) is 16.5 Å². The van der Waals surface area contributed by atoms with Crippen molar-refractivity contribution in [3.05, 3.63) is 80.7 Å². The number of esters is 1. The van der Waals surface area contributed by atoms with Crippen molar-refractivity contribution in [2.45, 2.75) is 33.3 Å². The first-order valence-electron chi connectivity index (χ1n) is 8.80. The molecule has 140 valence electrons. The van der Waals surface area contributed by atoms with Crippen molar-refractivity contribution in [3.63, 3.8) is 0 Å². The molecule has 3 aromatic rings. The zero-order valence-corrected chi connectivity index (χ0v) is 16.2. The van der Waals surface area contributed by atoms with Gasteiger partial charge in [-0.3, -0.25) is 4.79 Å². The van der Waals surface area contributed by atoms with Crippen molar-refractivity contribution in [3.8, 4) is 0 Å². The van der Waals surface area contributed by atoms with Gasteiger partial charge in [-0.05, 0) is 42.2 Å². The average molecular weight is 385 g/mol. The lowest BCUT2D eigenvalue weighted by molar-refractivity contribution is -0.147. The van der Waals surface area contributed by atoms with Crippen molar-refractivity contribution in [2.75, 3.05) is 0 Å². The Labute approximate surface area is 162 Å². The van der Waals surface area contributed by atoms with Crippen molar-refractivity contribution >= 4 is 28.5 Å². The van der Waals surface area contributed by atoms with Crippen LogP contribution < -0.4 is 5.63 Å². The highest BCUT2D eigenvalue weighted by molar-refractivity contribution is 6.30. The topological polar surface area (TPSA) is 56.5 Å². The molecule has 0 aliphatic carbocycles. The number of hydrogen-bond acceptors (Lipinski definition) is 4. The molecule has 4 nitrogen and oxygen atoms in total. The molecule has 0 N–H and O–H groups in total. The Bertz CT molecular complexity index is 1020. The van der Waals surface area contributed by atoms with Gasteiger partial charge in [-0.15, -0.1) is 0 Å². The Morgan fingerprint density at radius 1 is 1.11 bits per heavy atom. The van der Waals surface area contributed by atoms with Crippen LogP contribution in [0.1, 0.15) is 36.5 Å². The molecule has 0 fully saturated rings. The van der Waals surface area contributed by atoms with E-state index < -0.39 is 11.5 Å². The fourth-order valence-corrected chi connectivity index (χ4v) is 3.28. The van der Waals surface area contributed by atoms with Crippen molar-refractivity contribution in [1.29, 1.82) is 0 Å². The normalized spacial score (nSPS) is 12.3. The third-order valence-corrected chi connectivity index (χ3v) is 4.76. The van der Waals surface area contributed by atoms with E-state index in [4.69, 9.17) is 20.8 Å². The summed E-state index contributed by atoms with van der Waals surface area (Å²) in [5, 5.41) is 1.38. The highest BCUT2D eigenvalue weighted by Crippen LogP contribution is 2.28. The van der Waals surface area contributed by atoms with Gasteiger partial charge in [0, 0.05) is 22.0 Å². The van der Waals surface area contributed by atoms with Crippen LogP contribution in [-0.2, 0) is 16.1 Å². The highest BCUT2D eigenvalue weighted by atomic mass is 35.5. The standard InChI is InChI=1S/C22H21ClO4/c1-13(2)21(15-5-7-17(23)8-6-15)22(25)26-12-16-11-20(24)27-19-10-14(3)4-9-18(16)19/h4-11,13,21H,12H2,1-3H3. The number of carbonyl (C=O) groups excluding carboxylic acids is 1. The molecule has 0 aliphatic heterocycles. The van der Waals surface area contributed by atoms with Crippen LogP contribution in [0.4, 0.5) is 0 Å². The number of fused-ring (bicyclic) bond motifs is 1. The van der Waals surface area contributed by atoms with E-state index in [1.807, 2.05) is 45.0 Å². The van der Waals surface area contributed by atoms with Gasteiger partial charge in [0.05, 0.1) is 5.92 Å². The molecule has 5 heteroatoms. The van der Waals surface area contributed by atoms with E-state index in [-0.39, 0.29) is 18.5 Å². The van der Waals surface area contributed by atoms with Crippen LogP contribution in [0.25, 0.3) is 11.0 Å². The van der Waals surface area contributed by atoms with Crippen molar-refractivity contribution in [2.24, 2.45) is 5.92 Å². The quantitative estimate of drug-likeness (QED) is 0.446. The van der Waals surface area contributed by atoms with Gasteiger partial charge >= 0.3 is 11.6 Å². The maximum atomic E-state index is 12.8. The molecule has 1 atom stereocenters. The molecule has 0 amide bonds. The second-order valence-electron chi connectivity index (χ2n) is 6.97. The summed E-state index contributed by atoms with van der Waals surface area (Å²) in [5.41, 5.74) is 2.51. The second kappa shape index (κ2) is 7.97. The van der Waals surface area contributed by atoms with Gasteiger partial charge in [-0.25, -0.2) is 4.79 Å². The maximum absolute atomic E-state index is 12.8. The Hall–Kier alpha value is -2.59. The van der Waals surface area contributed by atoms with E-state index >= 15 is 0 Å². The zero-order chi connectivity index (χ0) is 19.6. The molecule has 0 saturated heterocycles. The van der Waals surface area contributed by atoms with Crippen LogP contribution in [0.3, 0.4) is 0 Å². The molecular formula is C22H21ClO4. The summed E-state index contributed by atoms with van der Waals surface area (Å²) in [6.45, 7) is 5.87. The molecule has 0 radical (unpaired) electrons. The fourth-order valence-electron chi connectivity index (χ4n) is 3.16. The zero-order valence-electron chi connectivity index (χ0n) is 15.5. The first kappa shape index (κ1) is 19.2. The van der Waals surface area contributed by atoms with E-state index in [1.54, 1.807) is 18.2 Å². The molecule has 0 spiro atoms. The summed E-state index contributed by atoms with van der Waals surface area (Å²) in [7, 11) is 0.